The van der Waals surface area contributed by atoms with E-state index >= 15 is 0 Å². The van der Waals surface area contributed by atoms with Gasteiger partial charge in [-0.05, 0) is 67.7 Å². The lowest BCUT2D eigenvalue weighted by molar-refractivity contribution is -0.154. The lowest BCUT2D eigenvalue weighted by Gasteiger charge is -2.19. The molecule has 2 aromatic heterocycles. The van der Waals surface area contributed by atoms with E-state index in [1.807, 2.05) is 26.8 Å². The number of halogens is 1. The van der Waals surface area contributed by atoms with Crippen LogP contribution in [0.3, 0.4) is 0 Å². The van der Waals surface area contributed by atoms with E-state index in [4.69, 9.17) is 15.2 Å². The number of hydrogen-bond donors (Lipinski definition) is 2. The fraction of sp³-hybridized carbons (Fsp3) is 0.538. The third kappa shape index (κ3) is 11.5. The van der Waals surface area contributed by atoms with Gasteiger partial charge >= 0.3 is 5.97 Å². The van der Waals surface area contributed by atoms with Gasteiger partial charge in [-0.2, -0.15) is 5.10 Å². The van der Waals surface area contributed by atoms with E-state index in [1.54, 1.807) is 16.9 Å². The Morgan fingerprint density at radius 3 is 2.54 bits per heavy atom. The number of hydrogen-bond acceptors (Lipinski definition) is 7. The molecular formula is C26H38BrN5O4Si. The van der Waals surface area contributed by atoms with Crippen molar-refractivity contribution in [2.45, 2.75) is 84.5 Å². The van der Waals surface area contributed by atoms with Gasteiger partial charge in [0, 0.05) is 39.3 Å². The van der Waals surface area contributed by atoms with Crippen LogP contribution in [0.5, 0.6) is 0 Å². The van der Waals surface area contributed by atoms with Crippen LogP contribution in [0.4, 0.5) is 11.6 Å². The van der Waals surface area contributed by atoms with Gasteiger partial charge in [-0.15, -0.1) is 0 Å². The van der Waals surface area contributed by atoms with Crippen molar-refractivity contribution in [2.75, 3.05) is 11.9 Å². The van der Waals surface area contributed by atoms with Crippen molar-refractivity contribution in [3.8, 4) is 11.8 Å². The summed E-state index contributed by atoms with van der Waals surface area (Å²) in [6, 6.07) is 4.64. The Morgan fingerprint density at radius 2 is 1.95 bits per heavy atom. The molecule has 0 aliphatic heterocycles. The van der Waals surface area contributed by atoms with Crippen molar-refractivity contribution in [2.24, 2.45) is 5.73 Å². The minimum atomic E-state index is -1.22. The average Bonchev–Trinajstić information content (AvgIpc) is 3.07. The highest BCUT2D eigenvalue weighted by molar-refractivity contribution is 9.10. The predicted molar refractivity (Wildman–Crippen MR) is 151 cm³/mol. The molecule has 1 amide bonds. The molecule has 0 atom stereocenters. The molecule has 0 saturated carbocycles. The topological polar surface area (TPSA) is 121 Å². The first kappa shape index (κ1) is 30.5. The van der Waals surface area contributed by atoms with Crippen molar-refractivity contribution in [1.29, 1.82) is 0 Å². The van der Waals surface area contributed by atoms with Crippen LogP contribution >= 0.6 is 15.9 Å². The van der Waals surface area contributed by atoms with Gasteiger partial charge in [0.1, 0.15) is 34.1 Å². The lowest BCUT2D eigenvalue weighted by atomic mass is 10.1. The summed E-state index contributed by atoms with van der Waals surface area (Å²) in [5.74, 6) is 6.32. The van der Waals surface area contributed by atoms with Crippen LogP contribution < -0.4 is 11.1 Å². The number of amides is 1. The van der Waals surface area contributed by atoms with Gasteiger partial charge in [0.25, 0.3) is 5.91 Å². The zero-order valence-electron chi connectivity index (χ0n) is 22.6. The Labute approximate surface area is 229 Å². The molecule has 0 unspecified atom stereocenters. The number of aromatic nitrogens is 3. The first-order valence-electron chi connectivity index (χ1n) is 12.3. The van der Waals surface area contributed by atoms with Crippen molar-refractivity contribution in [3.63, 3.8) is 0 Å². The maximum absolute atomic E-state index is 12.1. The van der Waals surface area contributed by atoms with Gasteiger partial charge in [-0.1, -0.05) is 31.5 Å². The Kier molecular flexibility index (Phi) is 11.3. The zero-order chi connectivity index (χ0) is 27.6. The number of nitrogens with two attached hydrogens (primary N) is 1. The number of unbranched alkanes of at least 4 members (excludes halogenated alkanes) is 2. The predicted octanol–water partition coefficient (Wildman–Crippen LogP) is 5.45. The van der Waals surface area contributed by atoms with E-state index in [2.05, 4.69) is 62.8 Å². The molecule has 0 saturated heterocycles. The maximum Gasteiger partial charge on any atom is 0.306 e. The maximum atomic E-state index is 12.1. The zero-order valence-corrected chi connectivity index (χ0v) is 25.2. The smallest absolute Gasteiger partial charge is 0.306 e. The van der Waals surface area contributed by atoms with Crippen LogP contribution in [0.15, 0.2) is 22.9 Å². The second kappa shape index (κ2) is 13.7. The number of nitrogens with one attached hydrogen (secondary N) is 1. The minimum absolute atomic E-state index is 0.177. The SMILES string of the molecule is CC(C)(C)OC(=O)CCCCC#Cc1ccc(Nc2c(C(N)=O)c(Br)nn2COCC[Si](C)(C)C)nc1. The summed E-state index contributed by atoms with van der Waals surface area (Å²) < 4.78 is 13.0. The summed E-state index contributed by atoms with van der Waals surface area (Å²) in [5, 5.41) is 7.48. The molecule has 0 aliphatic rings. The fourth-order valence-corrected chi connectivity index (χ4v) is 4.44. The van der Waals surface area contributed by atoms with Gasteiger partial charge in [0.05, 0.1) is 0 Å². The van der Waals surface area contributed by atoms with Crippen LogP contribution in [-0.4, -0.2) is 46.9 Å². The minimum Gasteiger partial charge on any atom is -0.460 e. The number of rotatable bonds is 12. The Hall–Kier alpha value is -2.68. The summed E-state index contributed by atoms with van der Waals surface area (Å²) in [7, 11) is -1.22. The second-order valence-corrected chi connectivity index (χ2v) is 17.3. The number of anilines is 2. The first-order chi connectivity index (χ1) is 17.2. The van der Waals surface area contributed by atoms with Gasteiger partial charge in [-0.25, -0.2) is 9.67 Å². The van der Waals surface area contributed by atoms with E-state index in [9.17, 15) is 9.59 Å². The van der Waals surface area contributed by atoms with Gasteiger partial charge in [0.2, 0.25) is 0 Å². The Bertz CT molecular complexity index is 1130. The molecule has 3 N–H and O–H groups in total. The highest BCUT2D eigenvalue weighted by Crippen LogP contribution is 2.27. The third-order valence-electron chi connectivity index (χ3n) is 4.96. The molecule has 2 rings (SSSR count). The van der Waals surface area contributed by atoms with Gasteiger partial charge in [0.15, 0.2) is 0 Å². The van der Waals surface area contributed by atoms with Gasteiger partial charge < -0.3 is 20.5 Å². The molecule has 202 valence electrons. The summed E-state index contributed by atoms with van der Waals surface area (Å²) in [4.78, 5) is 28.2. The van der Waals surface area contributed by atoms with Crippen LogP contribution in [0.2, 0.25) is 25.7 Å². The molecule has 0 aromatic carbocycles. The number of ether oxygens (including phenoxy) is 2. The van der Waals surface area contributed by atoms with Crippen molar-refractivity contribution in [3.05, 3.63) is 34.1 Å². The number of pyridine rings is 1. The highest BCUT2D eigenvalue weighted by Gasteiger charge is 2.22. The molecular weight excluding hydrogens is 554 g/mol. The molecule has 0 aliphatic carbocycles. The molecule has 0 fully saturated rings. The van der Waals surface area contributed by atoms with E-state index in [0.717, 1.165) is 24.4 Å². The van der Waals surface area contributed by atoms with Crippen molar-refractivity contribution >= 4 is 47.5 Å². The molecule has 11 heteroatoms. The summed E-state index contributed by atoms with van der Waals surface area (Å²) in [6.45, 7) is 13.2. The molecule has 37 heavy (non-hydrogen) atoms. The average molecular weight is 593 g/mol. The number of nitrogens with zero attached hydrogens (tertiary/aromatic N) is 3. The second-order valence-electron chi connectivity index (χ2n) is 10.9. The summed E-state index contributed by atoms with van der Waals surface area (Å²) in [6.07, 6.45) is 4.27. The van der Waals surface area contributed by atoms with Crippen LogP contribution in [0, 0.1) is 11.8 Å². The number of carbonyl (C=O) groups excluding carboxylic acids is 2. The van der Waals surface area contributed by atoms with Crippen molar-refractivity contribution in [1.82, 2.24) is 14.8 Å². The molecule has 9 nitrogen and oxygen atoms in total. The summed E-state index contributed by atoms with van der Waals surface area (Å²) in [5.41, 5.74) is 6.12. The van der Waals surface area contributed by atoms with E-state index in [0.29, 0.717) is 35.7 Å². The van der Waals surface area contributed by atoms with Crippen LogP contribution in [-0.2, 0) is 21.0 Å². The molecule has 2 aromatic rings. The largest absolute Gasteiger partial charge is 0.460 e. The molecule has 0 spiro atoms. The van der Waals surface area contributed by atoms with E-state index < -0.39 is 19.6 Å². The molecule has 0 radical (unpaired) electrons. The Balaban J connectivity index is 1.95. The quantitative estimate of drug-likeness (QED) is 0.146. The number of carbonyl (C=O) groups is 2. The first-order valence-corrected chi connectivity index (χ1v) is 16.8. The lowest BCUT2D eigenvalue weighted by Crippen LogP contribution is -2.23. The number of primary amides is 1. The normalized spacial score (nSPS) is 11.5. The van der Waals surface area contributed by atoms with Crippen LogP contribution in [0.1, 0.15) is 62.4 Å². The summed E-state index contributed by atoms with van der Waals surface area (Å²) >= 11 is 3.32. The van der Waals surface area contributed by atoms with E-state index in [-0.39, 0.29) is 18.3 Å². The standard InChI is InChI=1S/C26H38BrN5O4Si/c1-26(2,3)36-21(33)12-10-8-7-9-11-19-13-14-20(29-17-19)30-25-22(24(28)34)23(27)31-32(25)18-35-15-16-37(4,5)6/h13-14,17H,7-8,10,12,15-16,18H2,1-6H3,(H2,28,34)(H,29,30). The van der Waals surface area contributed by atoms with Crippen LogP contribution in [0.25, 0.3) is 0 Å². The highest BCUT2D eigenvalue weighted by atomic mass is 79.9. The monoisotopic (exact) mass is 591 g/mol. The van der Waals surface area contributed by atoms with Gasteiger partial charge in [-0.3, -0.25) is 9.59 Å². The third-order valence-corrected chi connectivity index (χ3v) is 7.22. The molecule has 0 bridgehead atoms. The number of esters is 1. The van der Waals surface area contributed by atoms with Crippen molar-refractivity contribution < 1.29 is 19.1 Å². The Morgan fingerprint density at radius 1 is 1.22 bits per heavy atom. The fourth-order valence-electron chi connectivity index (χ4n) is 3.10. The van der Waals surface area contributed by atoms with E-state index in [1.165, 1.54) is 0 Å². The molecule has 2 heterocycles.